The van der Waals surface area contributed by atoms with Crippen molar-refractivity contribution in [1.29, 1.82) is 0 Å². The number of rotatable bonds is 2. The third-order valence-electron chi connectivity index (χ3n) is 5.13. The molecule has 0 aromatic carbocycles. The number of nitrogens with zero attached hydrogens (tertiary/aromatic N) is 1. The molecule has 1 amide bonds. The summed E-state index contributed by atoms with van der Waals surface area (Å²) in [5.41, 5.74) is -0.253. The Kier molecular flexibility index (Phi) is 4.00. The molecule has 0 bridgehead atoms. The van der Waals surface area contributed by atoms with Gasteiger partial charge in [-0.2, -0.15) is 0 Å². The molecule has 2 fully saturated rings. The number of aliphatic hydroxyl groups excluding tert-OH is 1. The number of carbonyl (C=O) groups excluding carboxylic acids is 1. The summed E-state index contributed by atoms with van der Waals surface area (Å²) in [6.45, 7) is 7.59. The molecule has 3 nitrogen and oxygen atoms in total. The SMILES string of the molecule is CC1CCN(C(=O)C(C)(C)C2CCCC2)CC1O. The Labute approximate surface area is 111 Å². The van der Waals surface area contributed by atoms with Crippen LogP contribution in [-0.4, -0.2) is 35.1 Å². The number of β-amino-alcohol motifs (C(OH)–C–C–N with tert-alkyl or cyclic N) is 1. The van der Waals surface area contributed by atoms with Crippen molar-refractivity contribution in [3.8, 4) is 0 Å². The zero-order valence-electron chi connectivity index (χ0n) is 12.0. The van der Waals surface area contributed by atoms with E-state index >= 15 is 0 Å². The van der Waals surface area contributed by atoms with Gasteiger partial charge in [0.2, 0.25) is 5.91 Å². The van der Waals surface area contributed by atoms with Crippen molar-refractivity contribution in [3.05, 3.63) is 0 Å². The van der Waals surface area contributed by atoms with Crippen LogP contribution in [0.25, 0.3) is 0 Å². The fraction of sp³-hybridized carbons (Fsp3) is 0.933. The lowest BCUT2D eigenvalue weighted by atomic mass is 9.76. The Morgan fingerprint density at radius 1 is 1.22 bits per heavy atom. The number of hydrogen-bond donors (Lipinski definition) is 1. The molecule has 0 radical (unpaired) electrons. The Hall–Kier alpha value is -0.570. The van der Waals surface area contributed by atoms with Crippen molar-refractivity contribution in [2.75, 3.05) is 13.1 Å². The standard InChI is InChI=1S/C15H27NO2/c1-11-8-9-16(10-13(11)17)14(18)15(2,3)12-6-4-5-7-12/h11-13,17H,4-10H2,1-3H3. The highest BCUT2D eigenvalue weighted by atomic mass is 16.3. The first-order valence-corrected chi connectivity index (χ1v) is 7.40. The molecule has 18 heavy (non-hydrogen) atoms. The number of amides is 1. The van der Waals surface area contributed by atoms with E-state index < -0.39 is 0 Å². The molecule has 2 aliphatic rings. The second-order valence-corrected chi connectivity index (χ2v) is 6.79. The van der Waals surface area contributed by atoms with Gasteiger partial charge >= 0.3 is 0 Å². The Morgan fingerprint density at radius 2 is 1.83 bits per heavy atom. The van der Waals surface area contributed by atoms with Gasteiger partial charge in [0.15, 0.2) is 0 Å². The Morgan fingerprint density at radius 3 is 2.39 bits per heavy atom. The summed E-state index contributed by atoms with van der Waals surface area (Å²) in [6, 6.07) is 0. The molecule has 2 atom stereocenters. The molecule has 3 heteroatoms. The van der Waals surface area contributed by atoms with Crippen molar-refractivity contribution >= 4 is 5.91 Å². The Balaban J connectivity index is 2.01. The van der Waals surface area contributed by atoms with Gasteiger partial charge in [-0.15, -0.1) is 0 Å². The second-order valence-electron chi connectivity index (χ2n) is 6.79. The van der Waals surface area contributed by atoms with E-state index in [1.165, 1.54) is 25.7 Å². The molecule has 1 saturated heterocycles. The highest BCUT2D eigenvalue weighted by Crippen LogP contribution is 2.41. The molecule has 1 aliphatic heterocycles. The first kappa shape index (κ1) is 13.9. The predicted octanol–water partition coefficient (Wildman–Crippen LogP) is 2.43. The smallest absolute Gasteiger partial charge is 0.228 e. The molecule has 0 aromatic rings. The van der Waals surface area contributed by atoms with Crippen LogP contribution < -0.4 is 0 Å². The number of aliphatic hydroxyl groups is 1. The molecule has 1 saturated carbocycles. The van der Waals surface area contributed by atoms with Gasteiger partial charge < -0.3 is 10.0 Å². The highest BCUT2D eigenvalue weighted by molar-refractivity contribution is 5.82. The van der Waals surface area contributed by atoms with Crippen LogP contribution in [0.1, 0.15) is 52.9 Å². The van der Waals surface area contributed by atoms with Gasteiger partial charge in [-0.25, -0.2) is 0 Å². The summed E-state index contributed by atoms with van der Waals surface area (Å²) >= 11 is 0. The first-order valence-electron chi connectivity index (χ1n) is 7.40. The van der Waals surface area contributed by atoms with E-state index in [0.717, 1.165) is 13.0 Å². The molecule has 1 N–H and O–H groups in total. The third-order valence-corrected chi connectivity index (χ3v) is 5.13. The number of carbonyl (C=O) groups is 1. The van der Waals surface area contributed by atoms with Crippen LogP contribution in [0.4, 0.5) is 0 Å². The van der Waals surface area contributed by atoms with Crippen molar-refractivity contribution < 1.29 is 9.90 Å². The van der Waals surface area contributed by atoms with Crippen molar-refractivity contribution in [2.45, 2.75) is 59.0 Å². The van der Waals surface area contributed by atoms with Crippen LogP contribution in [0, 0.1) is 17.3 Å². The normalized spacial score (nSPS) is 30.8. The van der Waals surface area contributed by atoms with Crippen LogP contribution in [0.2, 0.25) is 0 Å². The summed E-state index contributed by atoms with van der Waals surface area (Å²) in [5, 5.41) is 9.93. The second kappa shape index (κ2) is 5.20. The van der Waals surface area contributed by atoms with Gasteiger partial charge in [-0.1, -0.05) is 33.6 Å². The van der Waals surface area contributed by atoms with E-state index in [-0.39, 0.29) is 17.4 Å². The van der Waals surface area contributed by atoms with E-state index in [1.807, 2.05) is 4.90 Å². The van der Waals surface area contributed by atoms with Gasteiger partial charge in [-0.3, -0.25) is 4.79 Å². The van der Waals surface area contributed by atoms with Gasteiger partial charge in [0.05, 0.1) is 6.10 Å². The number of likely N-dealkylation sites (tertiary alicyclic amines) is 1. The van der Waals surface area contributed by atoms with E-state index in [4.69, 9.17) is 0 Å². The molecule has 1 heterocycles. The molecule has 2 rings (SSSR count). The minimum absolute atomic E-state index is 0.250. The molecule has 1 aliphatic carbocycles. The van der Waals surface area contributed by atoms with E-state index in [1.54, 1.807) is 0 Å². The lowest BCUT2D eigenvalue weighted by Gasteiger charge is -2.40. The zero-order chi connectivity index (χ0) is 13.3. The third kappa shape index (κ3) is 2.56. The maximum atomic E-state index is 12.7. The highest BCUT2D eigenvalue weighted by Gasteiger charge is 2.42. The first-order chi connectivity index (χ1) is 8.43. The van der Waals surface area contributed by atoms with Crippen LogP contribution >= 0.6 is 0 Å². The minimum atomic E-state index is -0.345. The quantitative estimate of drug-likeness (QED) is 0.821. The Bertz CT molecular complexity index is 308. The predicted molar refractivity (Wildman–Crippen MR) is 72.1 cm³/mol. The van der Waals surface area contributed by atoms with Crippen molar-refractivity contribution in [2.24, 2.45) is 17.3 Å². The maximum absolute atomic E-state index is 12.7. The zero-order valence-corrected chi connectivity index (χ0v) is 12.0. The number of piperidine rings is 1. The van der Waals surface area contributed by atoms with Crippen LogP contribution in [0.3, 0.4) is 0 Å². The minimum Gasteiger partial charge on any atom is -0.391 e. The summed E-state index contributed by atoms with van der Waals surface area (Å²) in [5.74, 6) is 1.10. The molecule has 0 aromatic heterocycles. The lowest BCUT2D eigenvalue weighted by Crippen LogP contribution is -2.51. The summed E-state index contributed by atoms with van der Waals surface area (Å²) < 4.78 is 0. The molecule has 0 spiro atoms. The number of hydrogen-bond acceptors (Lipinski definition) is 2. The molecule has 2 unspecified atom stereocenters. The van der Waals surface area contributed by atoms with Crippen LogP contribution in [-0.2, 0) is 4.79 Å². The van der Waals surface area contributed by atoms with Crippen molar-refractivity contribution in [1.82, 2.24) is 4.90 Å². The molecular formula is C15H27NO2. The molecule has 104 valence electrons. The van der Waals surface area contributed by atoms with Crippen LogP contribution in [0.5, 0.6) is 0 Å². The van der Waals surface area contributed by atoms with Gasteiger partial charge in [0, 0.05) is 18.5 Å². The van der Waals surface area contributed by atoms with Gasteiger partial charge in [0.1, 0.15) is 0 Å². The van der Waals surface area contributed by atoms with Gasteiger partial charge in [-0.05, 0) is 31.1 Å². The lowest BCUT2D eigenvalue weighted by molar-refractivity contribution is -0.147. The summed E-state index contributed by atoms with van der Waals surface area (Å²) in [6.07, 6.45) is 5.48. The largest absolute Gasteiger partial charge is 0.391 e. The van der Waals surface area contributed by atoms with E-state index in [2.05, 4.69) is 20.8 Å². The van der Waals surface area contributed by atoms with E-state index in [9.17, 15) is 9.90 Å². The van der Waals surface area contributed by atoms with E-state index in [0.29, 0.717) is 18.4 Å². The fourth-order valence-corrected chi connectivity index (χ4v) is 3.46. The average molecular weight is 253 g/mol. The topological polar surface area (TPSA) is 40.5 Å². The maximum Gasteiger partial charge on any atom is 0.228 e. The summed E-state index contributed by atoms with van der Waals surface area (Å²) in [4.78, 5) is 14.6. The van der Waals surface area contributed by atoms with Crippen molar-refractivity contribution in [3.63, 3.8) is 0 Å². The molecular weight excluding hydrogens is 226 g/mol. The average Bonchev–Trinajstić information content (AvgIpc) is 2.86. The summed E-state index contributed by atoms with van der Waals surface area (Å²) in [7, 11) is 0. The van der Waals surface area contributed by atoms with Gasteiger partial charge in [0.25, 0.3) is 0 Å². The fourth-order valence-electron chi connectivity index (χ4n) is 3.46. The van der Waals surface area contributed by atoms with Crippen LogP contribution in [0.15, 0.2) is 0 Å². The monoisotopic (exact) mass is 253 g/mol.